The molecule has 1 aliphatic rings. The Kier molecular flexibility index (Phi) is 3.94. The van der Waals surface area contributed by atoms with E-state index in [1.807, 2.05) is 31.2 Å². The van der Waals surface area contributed by atoms with E-state index < -0.39 is 0 Å². The number of piperidine rings is 1. The van der Waals surface area contributed by atoms with Gasteiger partial charge in [-0.3, -0.25) is 4.79 Å². The molecule has 6 heteroatoms. The van der Waals surface area contributed by atoms with Gasteiger partial charge in [0.05, 0.1) is 18.0 Å². The van der Waals surface area contributed by atoms with Crippen LogP contribution >= 0.6 is 0 Å². The van der Waals surface area contributed by atoms with E-state index >= 15 is 0 Å². The summed E-state index contributed by atoms with van der Waals surface area (Å²) in [5.74, 6) is 0.542. The van der Waals surface area contributed by atoms with Crippen molar-refractivity contribution in [1.82, 2.24) is 15.2 Å². The molecule has 1 saturated heterocycles. The number of fused-ring (bicyclic) bond motifs is 1. The standard InChI is InChI=1S/C15H18N4O2/c1-2-21-14(20)11-7-9-19(10-8-11)15-16-12-5-3-4-6-13(12)17-18-15/h3-6,11H,2,7-10H2,1H3. The van der Waals surface area contributed by atoms with E-state index in [0.717, 1.165) is 37.0 Å². The van der Waals surface area contributed by atoms with Crippen LogP contribution in [0, 0.1) is 5.92 Å². The van der Waals surface area contributed by atoms with E-state index in [1.54, 1.807) is 0 Å². The molecular weight excluding hydrogens is 268 g/mol. The average Bonchev–Trinajstić information content (AvgIpc) is 2.55. The predicted molar refractivity (Wildman–Crippen MR) is 78.9 cm³/mol. The van der Waals surface area contributed by atoms with Crippen LogP contribution in [0.25, 0.3) is 11.0 Å². The number of carbonyl (C=O) groups is 1. The van der Waals surface area contributed by atoms with Crippen molar-refractivity contribution >= 4 is 23.0 Å². The van der Waals surface area contributed by atoms with Gasteiger partial charge in [0, 0.05) is 13.1 Å². The smallest absolute Gasteiger partial charge is 0.309 e. The van der Waals surface area contributed by atoms with Gasteiger partial charge in [0.1, 0.15) is 5.52 Å². The number of benzene rings is 1. The summed E-state index contributed by atoms with van der Waals surface area (Å²) in [6, 6.07) is 7.68. The zero-order valence-corrected chi connectivity index (χ0v) is 12.0. The molecule has 0 spiro atoms. The van der Waals surface area contributed by atoms with Crippen molar-refractivity contribution in [3.63, 3.8) is 0 Å². The molecule has 2 aromatic rings. The minimum Gasteiger partial charge on any atom is -0.466 e. The van der Waals surface area contributed by atoms with Gasteiger partial charge in [-0.15, -0.1) is 10.2 Å². The van der Waals surface area contributed by atoms with Crippen LogP contribution in [0.1, 0.15) is 19.8 Å². The first kappa shape index (κ1) is 13.7. The summed E-state index contributed by atoms with van der Waals surface area (Å²) in [6.45, 7) is 3.78. The highest BCUT2D eigenvalue weighted by Crippen LogP contribution is 2.22. The number of hydrogen-bond acceptors (Lipinski definition) is 6. The fraction of sp³-hybridized carbons (Fsp3) is 0.467. The Morgan fingerprint density at radius 3 is 2.67 bits per heavy atom. The number of ether oxygens (including phenoxy) is 1. The number of nitrogens with zero attached hydrogens (tertiary/aromatic N) is 4. The number of carbonyl (C=O) groups excluding carboxylic acids is 1. The van der Waals surface area contributed by atoms with Crippen LogP contribution in [0.15, 0.2) is 24.3 Å². The summed E-state index contributed by atoms with van der Waals surface area (Å²) in [6.07, 6.45) is 1.55. The summed E-state index contributed by atoms with van der Waals surface area (Å²) >= 11 is 0. The van der Waals surface area contributed by atoms with Crippen LogP contribution in [0.3, 0.4) is 0 Å². The van der Waals surface area contributed by atoms with E-state index in [-0.39, 0.29) is 11.9 Å². The number of hydrogen-bond donors (Lipinski definition) is 0. The lowest BCUT2D eigenvalue weighted by Crippen LogP contribution is -2.38. The maximum Gasteiger partial charge on any atom is 0.309 e. The molecule has 1 fully saturated rings. The Morgan fingerprint density at radius 1 is 1.24 bits per heavy atom. The minimum absolute atomic E-state index is 0.00499. The first-order chi connectivity index (χ1) is 10.3. The summed E-state index contributed by atoms with van der Waals surface area (Å²) in [7, 11) is 0. The van der Waals surface area contributed by atoms with Gasteiger partial charge in [-0.25, -0.2) is 4.98 Å². The van der Waals surface area contributed by atoms with Gasteiger partial charge in [-0.2, -0.15) is 0 Å². The van der Waals surface area contributed by atoms with Crippen molar-refractivity contribution in [2.24, 2.45) is 5.92 Å². The van der Waals surface area contributed by atoms with Gasteiger partial charge in [-0.1, -0.05) is 12.1 Å². The van der Waals surface area contributed by atoms with Gasteiger partial charge in [0.25, 0.3) is 0 Å². The van der Waals surface area contributed by atoms with E-state index in [1.165, 1.54) is 0 Å². The molecule has 1 aromatic carbocycles. The van der Waals surface area contributed by atoms with Crippen molar-refractivity contribution in [1.29, 1.82) is 0 Å². The van der Waals surface area contributed by atoms with Crippen molar-refractivity contribution in [2.45, 2.75) is 19.8 Å². The maximum absolute atomic E-state index is 11.7. The molecule has 0 N–H and O–H groups in total. The molecule has 21 heavy (non-hydrogen) atoms. The quantitative estimate of drug-likeness (QED) is 0.801. The van der Waals surface area contributed by atoms with Gasteiger partial charge in [-0.05, 0) is 31.9 Å². The molecule has 0 bridgehead atoms. The van der Waals surface area contributed by atoms with Gasteiger partial charge < -0.3 is 9.64 Å². The highest BCUT2D eigenvalue weighted by Gasteiger charge is 2.27. The van der Waals surface area contributed by atoms with Crippen LogP contribution in [-0.4, -0.2) is 40.8 Å². The SMILES string of the molecule is CCOC(=O)C1CCN(c2nnc3ccccc3n2)CC1. The van der Waals surface area contributed by atoms with Crippen molar-refractivity contribution in [3.05, 3.63) is 24.3 Å². The molecule has 1 aromatic heterocycles. The molecule has 2 heterocycles. The first-order valence-electron chi connectivity index (χ1n) is 7.29. The molecule has 3 rings (SSSR count). The molecule has 0 unspecified atom stereocenters. The maximum atomic E-state index is 11.7. The second-order valence-corrected chi connectivity index (χ2v) is 5.11. The highest BCUT2D eigenvalue weighted by atomic mass is 16.5. The second kappa shape index (κ2) is 6.03. The van der Waals surface area contributed by atoms with Crippen molar-refractivity contribution in [3.8, 4) is 0 Å². The summed E-state index contributed by atoms with van der Waals surface area (Å²) in [5, 5.41) is 8.38. The van der Waals surface area contributed by atoms with Crippen LogP contribution in [0.2, 0.25) is 0 Å². The Hall–Kier alpha value is -2.24. The van der Waals surface area contributed by atoms with Gasteiger partial charge in [0.15, 0.2) is 0 Å². The van der Waals surface area contributed by atoms with Crippen LogP contribution in [-0.2, 0) is 9.53 Å². The summed E-state index contributed by atoms with van der Waals surface area (Å²) in [4.78, 5) is 18.4. The zero-order chi connectivity index (χ0) is 14.7. The Morgan fingerprint density at radius 2 is 1.95 bits per heavy atom. The lowest BCUT2D eigenvalue weighted by atomic mass is 9.97. The zero-order valence-electron chi connectivity index (χ0n) is 12.0. The van der Waals surface area contributed by atoms with E-state index in [9.17, 15) is 4.79 Å². The number of para-hydroxylation sites is 1. The molecule has 0 atom stereocenters. The van der Waals surface area contributed by atoms with E-state index in [0.29, 0.717) is 12.6 Å². The predicted octanol–water partition coefficient (Wildman–Crippen LogP) is 1.80. The lowest BCUT2D eigenvalue weighted by Gasteiger charge is -2.30. The van der Waals surface area contributed by atoms with E-state index in [4.69, 9.17) is 4.74 Å². The lowest BCUT2D eigenvalue weighted by molar-refractivity contribution is -0.148. The fourth-order valence-electron chi connectivity index (χ4n) is 2.58. The first-order valence-corrected chi connectivity index (χ1v) is 7.29. The van der Waals surface area contributed by atoms with Crippen molar-refractivity contribution < 1.29 is 9.53 Å². The Labute approximate surface area is 123 Å². The number of rotatable bonds is 3. The van der Waals surface area contributed by atoms with Gasteiger partial charge >= 0.3 is 5.97 Å². The average molecular weight is 286 g/mol. The number of esters is 1. The molecule has 110 valence electrons. The van der Waals surface area contributed by atoms with E-state index in [2.05, 4.69) is 20.1 Å². The third-order valence-corrected chi connectivity index (χ3v) is 3.75. The fourth-order valence-corrected chi connectivity index (χ4v) is 2.58. The highest BCUT2D eigenvalue weighted by molar-refractivity contribution is 5.74. The van der Waals surface area contributed by atoms with Crippen LogP contribution < -0.4 is 4.90 Å². The molecule has 0 saturated carbocycles. The molecule has 0 aliphatic carbocycles. The summed E-state index contributed by atoms with van der Waals surface area (Å²) in [5.41, 5.74) is 1.64. The van der Waals surface area contributed by atoms with Crippen LogP contribution in [0.5, 0.6) is 0 Å². The third-order valence-electron chi connectivity index (χ3n) is 3.75. The normalized spacial score (nSPS) is 16.1. The molecular formula is C15H18N4O2. The third kappa shape index (κ3) is 2.94. The Balaban J connectivity index is 1.69. The molecule has 0 radical (unpaired) electrons. The molecule has 6 nitrogen and oxygen atoms in total. The van der Waals surface area contributed by atoms with Crippen LogP contribution in [0.4, 0.5) is 5.95 Å². The topological polar surface area (TPSA) is 68.2 Å². The number of aromatic nitrogens is 3. The summed E-state index contributed by atoms with van der Waals surface area (Å²) < 4.78 is 5.08. The molecule has 1 aliphatic heterocycles. The molecule has 0 amide bonds. The monoisotopic (exact) mass is 286 g/mol. The second-order valence-electron chi connectivity index (χ2n) is 5.11. The largest absolute Gasteiger partial charge is 0.466 e. The minimum atomic E-state index is -0.0882. The number of anilines is 1. The van der Waals surface area contributed by atoms with Crippen molar-refractivity contribution in [2.75, 3.05) is 24.6 Å². The Bertz CT molecular complexity index is 638. The van der Waals surface area contributed by atoms with Gasteiger partial charge in [0.2, 0.25) is 5.95 Å².